The molecule has 0 aliphatic heterocycles. The first-order chi connectivity index (χ1) is 10.2. The number of carbonyl (C=O) groups is 2. The molecule has 3 rings (SSSR count). The van der Waals surface area contributed by atoms with Crippen molar-refractivity contribution in [2.45, 2.75) is 6.54 Å². The second-order valence-electron chi connectivity index (χ2n) is 4.26. The van der Waals surface area contributed by atoms with E-state index in [9.17, 15) is 9.59 Å². The third kappa shape index (κ3) is 3.29. The van der Waals surface area contributed by atoms with Crippen LogP contribution in [0.5, 0.6) is 0 Å². The number of imidazole rings is 1. The molecule has 2 amide bonds. The third-order valence-electron chi connectivity index (χ3n) is 2.76. The number of nitrogens with zero attached hydrogens (tertiary/aromatic N) is 2. The van der Waals surface area contributed by atoms with Gasteiger partial charge in [-0.3, -0.25) is 14.0 Å². The lowest BCUT2D eigenvalue weighted by atomic mass is 10.4. The van der Waals surface area contributed by atoms with Gasteiger partial charge < -0.3 is 10.6 Å². The summed E-state index contributed by atoms with van der Waals surface area (Å²) in [5, 5.41) is 9.08. The highest BCUT2D eigenvalue weighted by Crippen LogP contribution is 2.11. The highest BCUT2D eigenvalue weighted by atomic mass is 32.1. The first-order valence-electron chi connectivity index (χ1n) is 6.22. The summed E-state index contributed by atoms with van der Waals surface area (Å²) in [7, 11) is 0. The quantitative estimate of drug-likeness (QED) is 0.748. The van der Waals surface area contributed by atoms with Crippen LogP contribution < -0.4 is 10.6 Å². The molecule has 0 aliphatic rings. The van der Waals surface area contributed by atoms with Crippen molar-refractivity contribution in [1.82, 2.24) is 20.0 Å². The topological polar surface area (TPSA) is 75.5 Å². The molecule has 0 saturated carbocycles. The molecule has 108 valence electrons. The summed E-state index contributed by atoms with van der Waals surface area (Å²) >= 11 is 2.88. The zero-order chi connectivity index (χ0) is 14.7. The van der Waals surface area contributed by atoms with Gasteiger partial charge in [0, 0.05) is 17.8 Å². The van der Waals surface area contributed by atoms with Gasteiger partial charge in [0.2, 0.25) is 5.91 Å². The van der Waals surface area contributed by atoms with Crippen molar-refractivity contribution in [2.24, 2.45) is 0 Å². The molecule has 3 aromatic rings. The molecule has 3 aromatic heterocycles. The van der Waals surface area contributed by atoms with E-state index in [1.165, 1.54) is 22.7 Å². The maximum Gasteiger partial charge on any atom is 0.261 e. The number of amides is 2. The fraction of sp³-hybridized carbons (Fsp3) is 0.154. The van der Waals surface area contributed by atoms with Crippen LogP contribution in [0.15, 0.2) is 35.3 Å². The van der Waals surface area contributed by atoms with E-state index in [2.05, 4.69) is 15.6 Å². The second kappa shape index (κ2) is 6.06. The minimum Gasteiger partial charge on any atom is -0.349 e. The Hall–Kier alpha value is -2.19. The van der Waals surface area contributed by atoms with Gasteiger partial charge in [0.15, 0.2) is 4.96 Å². The molecule has 2 N–H and O–H groups in total. The van der Waals surface area contributed by atoms with Gasteiger partial charge in [0.25, 0.3) is 5.91 Å². The molecular weight excluding hydrogens is 308 g/mol. The monoisotopic (exact) mass is 320 g/mol. The first-order valence-corrected chi connectivity index (χ1v) is 7.98. The number of carbonyl (C=O) groups excluding carboxylic acids is 2. The number of thiophene rings is 1. The molecule has 0 unspecified atom stereocenters. The smallest absolute Gasteiger partial charge is 0.261 e. The van der Waals surface area contributed by atoms with E-state index in [0.29, 0.717) is 11.4 Å². The normalized spacial score (nSPS) is 10.7. The third-order valence-corrected chi connectivity index (χ3v) is 4.40. The largest absolute Gasteiger partial charge is 0.349 e. The minimum atomic E-state index is -0.240. The lowest BCUT2D eigenvalue weighted by Gasteiger charge is -2.04. The van der Waals surface area contributed by atoms with Gasteiger partial charge in [-0.15, -0.1) is 22.7 Å². The minimum absolute atomic E-state index is 0.0427. The molecule has 0 fully saturated rings. The van der Waals surface area contributed by atoms with Crippen molar-refractivity contribution in [1.29, 1.82) is 0 Å². The fourth-order valence-electron chi connectivity index (χ4n) is 1.77. The summed E-state index contributed by atoms with van der Waals surface area (Å²) in [4.78, 5) is 29.2. The maximum atomic E-state index is 11.7. The molecule has 0 aliphatic carbocycles. The second-order valence-corrected chi connectivity index (χ2v) is 6.08. The van der Waals surface area contributed by atoms with Crippen LogP contribution in [0, 0.1) is 0 Å². The van der Waals surface area contributed by atoms with E-state index in [4.69, 9.17) is 0 Å². The van der Waals surface area contributed by atoms with Crippen molar-refractivity contribution < 1.29 is 9.59 Å². The number of fused-ring (bicyclic) bond motifs is 1. The first kappa shape index (κ1) is 13.8. The van der Waals surface area contributed by atoms with Crippen LogP contribution in [0.4, 0.5) is 0 Å². The Morgan fingerprint density at radius 1 is 1.24 bits per heavy atom. The Morgan fingerprint density at radius 3 is 2.90 bits per heavy atom. The number of rotatable bonds is 5. The van der Waals surface area contributed by atoms with Crippen LogP contribution >= 0.6 is 22.7 Å². The summed E-state index contributed by atoms with van der Waals surface area (Å²) in [6.45, 7) is 0.307. The van der Waals surface area contributed by atoms with E-state index in [1.54, 1.807) is 12.1 Å². The summed E-state index contributed by atoms with van der Waals surface area (Å²) in [5.74, 6) is -0.473. The predicted molar refractivity (Wildman–Crippen MR) is 81.6 cm³/mol. The molecule has 3 heterocycles. The van der Waals surface area contributed by atoms with Crippen LogP contribution in [-0.4, -0.2) is 27.7 Å². The molecule has 0 atom stereocenters. The molecule has 6 nitrogen and oxygen atoms in total. The van der Waals surface area contributed by atoms with Gasteiger partial charge in [-0.1, -0.05) is 6.07 Å². The van der Waals surface area contributed by atoms with E-state index >= 15 is 0 Å². The van der Waals surface area contributed by atoms with Crippen molar-refractivity contribution in [3.8, 4) is 0 Å². The Balaban J connectivity index is 1.46. The van der Waals surface area contributed by atoms with Crippen molar-refractivity contribution in [3.63, 3.8) is 0 Å². The van der Waals surface area contributed by atoms with Gasteiger partial charge in [-0.2, -0.15) is 0 Å². The highest BCUT2D eigenvalue weighted by Gasteiger charge is 2.09. The summed E-state index contributed by atoms with van der Waals surface area (Å²) < 4.78 is 1.91. The highest BCUT2D eigenvalue weighted by molar-refractivity contribution is 7.15. The van der Waals surface area contributed by atoms with Crippen LogP contribution in [0.1, 0.15) is 15.4 Å². The average molecular weight is 320 g/mol. The average Bonchev–Trinajstić information content (AvgIpc) is 3.17. The Kier molecular flexibility index (Phi) is 3.98. The molecule has 21 heavy (non-hydrogen) atoms. The van der Waals surface area contributed by atoms with E-state index in [-0.39, 0.29) is 18.4 Å². The summed E-state index contributed by atoms with van der Waals surface area (Å²) in [6, 6.07) is 3.51. The van der Waals surface area contributed by atoms with Crippen molar-refractivity contribution in [3.05, 3.63) is 45.9 Å². The molecule has 8 heteroatoms. The van der Waals surface area contributed by atoms with Gasteiger partial charge in [-0.05, 0) is 11.4 Å². The number of nitrogens with one attached hydrogen (secondary N) is 2. The Labute approximate surface area is 128 Å². The predicted octanol–water partition coefficient (Wildman–Crippen LogP) is 1.50. The van der Waals surface area contributed by atoms with Crippen LogP contribution in [0.25, 0.3) is 4.96 Å². The molecular formula is C13H12N4O2S2. The van der Waals surface area contributed by atoms with Gasteiger partial charge in [0.1, 0.15) is 0 Å². The van der Waals surface area contributed by atoms with Crippen LogP contribution in [0.2, 0.25) is 0 Å². The van der Waals surface area contributed by atoms with Gasteiger partial charge in [-0.25, -0.2) is 4.98 Å². The fourth-order valence-corrected chi connectivity index (χ4v) is 3.13. The lowest BCUT2D eigenvalue weighted by molar-refractivity contribution is -0.120. The van der Waals surface area contributed by atoms with Crippen molar-refractivity contribution in [2.75, 3.05) is 6.54 Å². The van der Waals surface area contributed by atoms with Gasteiger partial charge >= 0.3 is 0 Å². The van der Waals surface area contributed by atoms with E-state index in [0.717, 1.165) is 10.7 Å². The molecule has 0 radical (unpaired) electrons. The van der Waals surface area contributed by atoms with Crippen molar-refractivity contribution >= 4 is 39.4 Å². The Morgan fingerprint density at radius 2 is 2.14 bits per heavy atom. The van der Waals surface area contributed by atoms with Crippen LogP contribution in [-0.2, 0) is 11.3 Å². The lowest BCUT2D eigenvalue weighted by Crippen LogP contribution is -2.36. The number of hydrogen-bond acceptors (Lipinski definition) is 5. The molecule has 0 spiro atoms. The maximum absolute atomic E-state index is 11.7. The zero-order valence-electron chi connectivity index (χ0n) is 10.9. The van der Waals surface area contributed by atoms with Gasteiger partial charge in [0.05, 0.1) is 23.7 Å². The number of thiazole rings is 1. The SMILES string of the molecule is O=C(CNC(=O)c1cccs1)NCc1cn2ccsc2n1. The molecule has 0 aromatic carbocycles. The van der Waals surface area contributed by atoms with E-state index < -0.39 is 0 Å². The molecule has 0 saturated heterocycles. The Bertz CT molecular complexity index is 732. The van der Waals surface area contributed by atoms with Crippen LogP contribution in [0.3, 0.4) is 0 Å². The summed E-state index contributed by atoms with van der Waals surface area (Å²) in [6.07, 6.45) is 3.79. The number of aromatic nitrogens is 2. The zero-order valence-corrected chi connectivity index (χ0v) is 12.5. The summed E-state index contributed by atoms with van der Waals surface area (Å²) in [5.41, 5.74) is 0.791. The molecule has 0 bridgehead atoms. The number of hydrogen-bond donors (Lipinski definition) is 2. The van der Waals surface area contributed by atoms with E-state index in [1.807, 2.05) is 27.6 Å². The standard InChI is InChI=1S/C13H12N4O2S2/c18-11(7-15-12(19)10-2-1-4-20-10)14-6-9-8-17-3-5-21-13(17)16-9/h1-5,8H,6-7H2,(H,14,18)(H,15,19).